The van der Waals surface area contributed by atoms with Crippen LogP contribution in [0.25, 0.3) is 11.0 Å². The van der Waals surface area contributed by atoms with Crippen molar-refractivity contribution in [3.8, 4) is 5.75 Å². The first-order valence-corrected chi connectivity index (χ1v) is 11.1. The van der Waals surface area contributed by atoms with E-state index < -0.39 is 10.0 Å². The Hall–Kier alpha value is -2.40. The number of ether oxygens (including phenoxy) is 1. The lowest BCUT2D eigenvalue weighted by atomic mass is 10.3. The third kappa shape index (κ3) is 4.08. The molecule has 1 saturated heterocycles. The second kappa shape index (κ2) is 8.38. The van der Waals surface area contributed by atoms with Gasteiger partial charge >= 0.3 is 0 Å². The second-order valence-electron chi connectivity index (χ2n) is 6.54. The molecule has 4 rings (SSSR count). The minimum absolute atomic E-state index is 0.0294. The Labute approximate surface area is 182 Å². The number of carbonyl (C=O) groups excluding carboxylic acids is 1. The number of carbonyl (C=O) groups is 1. The van der Waals surface area contributed by atoms with Gasteiger partial charge in [0.05, 0.1) is 5.02 Å². The first-order chi connectivity index (χ1) is 14.4. The highest BCUT2D eigenvalue weighted by Crippen LogP contribution is 2.28. The summed E-state index contributed by atoms with van der Waals surface area (Å²) in [5, 5.41) is 8.15. The van der Waals surface area contributed by atoms with Gasteiger partial charge in [-0.05, 0) is 40.6 Å². The fourth-order valence-electron chi connectivity index (χ4n) is 3.13. The van der Waals surface area contributed by atoms with Crippen molar-refractivity contribution >= 4 is 50.2 Å². The average Bonchev–Trinajstić information content (AvgIpc) is 3.22. The highest BCUT2D eigenvalue weighted by molar-refractivity contribution is 7.89. The maximum Gasteiger partial charge on any atom is 0.260 e. The zero-order valence-electron chi connectivity index (χ0n) is 15.5. The molecule has 1 aliphatic heterocycles. The van der Waals surface area contributed by atoms with Crippen LogP contribution < -0.4 is 4.74 Å². The predicted molar refractivity (Wildman–Crippen MR) is 109 cm³/mol. The molecule has 12 heteroatoms. The van der Waals surface area contributed by atoms with Crippen LogP contribution in [0.15, 0.2) is 45.9 Å². The lowest BCUT2D eigenvalue weighted by Gasteiger charge is -2.33. The first kappa shape index (κ1) is 20.9. The molecule has 1 fully saturated rings. The lowest BCUT2D eigenvalue weighted by molar-refractivity contribution is -0.134. The highest BCUT2D eigenvalue weighted by Gasteiger charge is 2.32. The van der Waals surface area contributed by atoms with Crippen molar-refractivity contribution in [1.29, 1.82) is 0 Å². The molecule has 0 N–H and O–H groups in total. The van der Waals surface area contributed by atoms with E-state index in [1.54, 1.807) is 29.2 Å². The summed E-state index contributed by atoms with van der Waals surface area (Å²) >= 11 is 11.9. The summed E-state index contributed by atoms with van der Waals surface area (Å²) in [5.41, 5.74) is 0.548. The van der Waals surface area contributed by atoms with Gasteiger partial charge in [0.25, 0.3) is 5.91 Å². The molecule has 1 aromatic heterocycles. The summed E-state index contributed by atoms with van der Waals surface area (Å²) in [5.74, 6) is 0.0887. The number of aromatic nitrogens is 2. The summed E-state index contributed by atoms with van der Waals surface area (Å²) in [6, 6.07) is 9.39. The van der Waals surface area contributed by atoms with E-state index in [2.05, 4.69) is 14.9 Å². The molecule has 0 bridgehead atoms. The SMILES string of the molecule is O=C(COc1ccc(Cl)cc1Cl)N1CCN(S(=O)(=O)c2cccc3nonc23)CC1. The molecule has 1 amide bonds. The van der Waals surface area contributed by atoms with E-state index in [0.29, 0.717) is 21.3 Å². The number of rotatable bonds is 5. The van der Waals surface area contributed by atoms with E-state index >= 15 is 0 Å². The van der Waals surface area contributed by atoms with Crippen molar-refractivity contribution in [3.05, 3.63) is 46.4 Å². The van der Waals surface area contributed by atoms with Crippen LogP contribution in [-0.4, -0.2) is 66.6 Å². The summed E-state index contributed by atoms with van der Waals surface area (Å²) in [4.78, 5) is 14.0. The number of sulfonamides is 1. The standard InChI is InChI=1S/C18H16Cl2N4O5S/c19-12-4-5-15(13(20)10-12)28-11-17(25)23-6-8-24(9-7-23)30(26,27)16-3-1-2-14-18(16)22-29-21-14/h1-5,10H,6-9,11H2. The maximum atomic E-state index is 13.0. The number of halogens is 2. The molecule has 9 nitrogen and oxygen atoms in total. The van der Waals surface area contributed by atoms with Crippen LogP contribution in [0.5, 0.6) is 5.75 Å². The van der Waals surface area contributed by atoms with Crippen molar-refractivity contribution in [1.82, 2.24) is 19.5 Å². The van der Waals surface area contributed by atoms with Crippen molar-refractivity contribution < 1.29 is 22.6 Å². The molecule has 158 valence electrons. The first-order valence-electron chi connectivity index (χ1n) is 8.93. The van der Waals surface area contributed by atoms with E-state index in [4.69, 9.17) is 27.9 Å². The second-order valence-corrected chi connectivity index (χ2v) is 9.29. The maximum absolute atomic E-state index is 13.0. The van der Waals surface area contributed by atoms with Crippen molar-refractivity contribution in [2.24, 2.45) is 0 Å². The number of piperazine rings is 1. The lowest BCUT2D eigenvalue weighted by Crippen LogP contribution is -2.51. The zero-order chi connectivity index (χ0) is 21.3. The van der Waals surface area contributed by atoms with Gasteiger partial charge in [-0.25, -0.2) is 13.0 Å². The topological polar surface area (TPSA) is 106 Å². The Morgan fingerprint density at radius 2 is 1.87 bits per heavy atom. The molecule has 1 aliphatic rings. The number of nitrogens with zero attached hydrogens (tertiary/aromatic N) is 4. The number of amides is 1. The Morgan fingerprint density at radius 1 is 1.10 bits per heavy atom. The fourth-order valence-corrected chi connectivity index (χ4v) is 5.15. The van der Waals surface area contributed by atoms with E-state index in [1.165, 1.54) is 16.4 Å². The van der Waals surface area contributed by atoms with Gasteiger partial charge in [0.1, 0.15) is 16.2 Å². The van der Waals surface area contributed by atoms with E-state index in [0.717, 1.165) is 0 Å². The van der Waals surface area contributed by atoms with Gasteiger partial charge in [-0.1, -0.05) is 29.3 Å². The summed E-state index contributed by atoms with van der Waals surface area (Å²) < 4.78 is 37.5. The van der Waals surface area contributed by atoms with Crippen LogP contribution in [0.1, 0.15) is 0 Å². The number of benzene rings is 2. The normalized spacial score (nSPS) is 15.5. The van der Waals surface area contributed by atoms with Gasteiger partial charge in [-0.15, -0.1) is 0 Å². The van der Waals surface area contributed by atoms with Gasteiger partial charge < -0.3 is 9.64 Å². The van der Waals surface area contributed by atoms with Crippen LogP contribution >= 0.6 is 23.2 Å². The molecule has 3 aromatic rings. The molecule has 0 atom stereocenters. The Balaban J connectivity index is 1.38. The molecule has 2 heterocycles. The van der Waals surface area contributed by atoms with Gasteiger partial charge in [0.2, 0.25) is 10.0 Å². The number of hydrogen-bond acceptors (Lipinski definition) is 7. The Morgan fingerprint density at radius 3 is 2.60 bits per heavy atom. The van der Waals surface area contributed by atoms with Gasteiger partial charge in [0.15, 0.2) is 12.1 Å². The van der Waals surface area contributed by atoms with E-state index in [-0.39, 0.29) is 49.1 Å². The zero-order valence-corrected chi connectivity index (χ0v) is 17.8. The van der Waals surface area contributed by atoms with Gasteiger partial charge in [-0.2, -0.15) is 4.31 Å². The fraction of sp³-hybridized carbons (Fsp3) is 0.278. The van der Waals surface area contributed by atoms with Crippen molar-refractivity contribution in [2.45, 2.75) is 4.90 Å². The van der Waals surface area contributed by atoms with Gasteiger partial charge in [-0.3, -0.25) is 4.79 Å². The van der Waals surface area contributed by atoms with Crippen LogP contribution in [0.4, 0.5) is 0 Å². The van der Waals surface area contributed by atoms with Gasteiger partial charge in [0, 0.05) is 31.2 Å². The molecule has 30 heavy (non-hydrogen) atoms. The molecule has 0 radical (unpaired) electrons. The molecular formula is C18H16Cl2N4O5S. The highest BCUT2D eigenvalue weighted by atomic mass is 35.5. The largest absolute Gasteiger partial charge is 0.482 e. The van der Waals surface area contributed by atoms with Crippen molar-refractivity contribution in [2.75, 3.05) is 32.8 Å². The number of hydrogen-bond donors (Lipinski definition) is 0. The molecule has 0 aliphatic carbocycles. The predicted octanol–water partition coefficient (Wildman–Crippen LogP) is 2.44. The molecule has 2 aromatic carbocycles. The molecule has 0 saturated carbocycles. The minimum Gasteiger partial charge on any atom is -0.482 e. The summed E-state index contributed by atoms with van der Waals surface area (Å²) in [6.45, 7) is 0.568. The molecular weight excluding hydrogens is 455 g/mol. The third-order valence-corrected chi connectivity index (χ3v) is 7.16. The summed E-state index contributed by atoms with van der Waals surface area (Å²) in [7, 11) is -3.80. The average molecular weight is 471 g/mol. The summed E-state index contributed by atoms with van der Waals surface area (Å²) in [6.07, 6.45) is 0. The van der Waals surface area contributed by atoms with E-state index in [9.17, 15) is 13.2 Å². The van der Waals surface area contributed by atoms with Crippen LogP contribution in [0.3, 0.4) is 0 Å². The van der Waals surface area contributed by atoms with E-state index in [1.807, 2.05) is 0 Å². The van der Waals surface area contributed by atoms with Crippen LogP contribution in [-0.2, 0) is 14.8 Å². The molecule has 0 unspecified atom stereocenters. The minimum atomic E-state index is -3.80. The van der Waals surface area contributed by atoms with Crippen LogP contribution in [0, 0.1) is 0 Å². The number of fused-ring (bicyclic) bond motifs is 1. The van der Waals surface area contributed by atoms with Crippen molar-refractivity contribution in [3.63, 3.8) is 0 Å². The Kier molecular flexibility index (Phi) is 5.83. The monoisotopic (exact) mass is 470 g/mol. The Bertz CT molecular complexity index is 1190. The smallest absolute Gasteiger partial charge is 0.260 e. The third-order valence-electron chi connectivity index (χ3n) is 4.70. The quantitative estimate of drug-likeness (QED) is 0.563. The molecule has 0 spiro atoms. The van der Waals surface area contributed by atoms with Crippen LogP contribution in [0.2, 0.25) is 10.0 Å².